The van der Waals surface area contributed by atoms with Crippen LogP contribution in [-0.2, 0) is 11.2 Å². The second-order valence-electron chi connectivity index (χ2n) is 7.51. The third kappa shape index (κ3) is 4.55. The van der Waals surface area contributed by atoms with Crippen LogP contribution in [0.15, 0.2) is 36.5 Å². The molecule has 2 amide bonds. The molecule has 6 nitrogen and oxygen atoms in total. The first kappa shape index (κ1) is 20.0. The molecule has 2 aromatic rings. The Kier molecular flexibility index (Phi) is 6.39. The number of amides is 2. The number of aromatic nitrogens is 2. The maximum Gasteiger partial charge on any atom is 0.256 e. The first-order chi connectivity index (χ1) is 13.5. The number of nitrogens with zero attached hydrogens (tertiary/aromatic N) is 4. The van der Waals surface area contributed by atoms with E-state index in [2.05, 4.69) is 9.97 Å². The molecule has 1 aromatic heterocycles. The lowest BCUT2D eigenvalue weighted by atomic mass is 9.99. The standard InChI is InChI=1S/C22H28N4O2/c1-16-18(22(28)25(2)3)15-23-21(24-16)19-11-7-8-14-26(19)20(27)13-12-17-9-5-4-6-10-17/h4-6,9-10,15,19H,7-8,11-14H2,1-3H3/t19-/m0/s1. The molecule has 0 radical (unpaired) electrons. The van der Waals surface area contributed by atoms with Gasteiger partial charge < -0.3 is 9.80 Å². The monoisotopic (exact) mass is 380 g/mol. The van der Waals surface area contributed by atoms with Crippen LogP contribution in [0.4, 0.5) is 0 Å². The molecule has 0 N–H and O–H groups in total. The summed E-state index contributed by atoms with van der Waals surface area (Å²) in [6.07, 6.45) is 5.73. The summed E-state index contributed by atoms with van der Waals surface area (Å²) < 4.78 is 0. The Balaban J connectivity index is 1.74. The fraction of sp³-hybridized carbons (Fsp3) is 0.455. The number of aryl methyl sites for hydroxylation is 2. The van der Waals surface area contributed by atoms with Gasteiger partial charge in [0.1, 0.15) is 0 Å². The average Bonchev–Trinajstić information content (AvgIpc) is 2.72. The predicted octanol–water partition coefficient (Wildman–Crippen LogP) is 3.17. The van der Waals surface area contributed by atoms with Crippen molar-refractivity contribution >= 4 is 11.8 Å². The number of hydrogen-bond donors (Lipinski definition) is 0. The van der Waals surface area contributed by atoms with Crippen LogP contribution in [0.25, 0.3) is 0 Å². The Morgan fingerprint density at radius 3 is 2.61 bits per heavy atom. The van der Waals surface area contributed by atoms with Gasteiger partial charge in [-0.05, 0) is 38.2 Å². The van der Waals surface area contributed by atoms with Crippen LogP contribution < -0.4 is 0 Å². The molecule has 2 heterocycles. The SMILES string of the molecule is Cc1nc([C@@H]2CCCCN2C(=O)CCc2ccccc2)ncc1C(=O)N(C)C. The van der Waals surface area contributed by atoms with Crippen molar-refractivity contribution < 1.29 is 9.59 Å². The molecule has 1 saturated heterocycles. The van der Waals surface area contributed by atoms with Gasteiger partial charge >= 0.3 is 0 Å². The summed E-state index contributed by atoms with van der Waals surface area (Å²) in [5.41, 5.74) is 2.33. The minimum atomic E-state index is -0.112. The van der Waals surface area contributed by atoms with Gasteiger partial charge in [0, 0.05) is 33.3 Å². The van der Waals surface area contributed by atoms with E-state index in [4.69, 9.17) is 0 Å². The van der Waals surface area contributed by atoms with Crippen LogP contribution in [-0.4, -0.2) is 52.2 Å². The molecule has 1 aliphatic heterocycles. The molecule has 0 saturated carbocycles. The fourth-order valence-electron chi connectivity index (χ4n) is 3.63. The molecule has 0 bridgehead atoms. The maximum atomic E-state index is 12.9. The highest BCUT2D eigenvalue weighted by Gasteiger charge is 2.30. The number of carbonyl (C=O) groups excluding carboxylic acids is 2. The number of benzene rings is 1. The number of rotatable bonds is 5. The molecule has 0 unspecified atom stereocenters. The van der Waals surface area contributed by atoms with Gasteiger partial charge in [-0.25, -0.2) is 9.97 Å². The van der Waals surface area contributed by atoms with Crippen LogP contribution in [0, 0.1) is 6.92 Å². The molecule has 0 spiro atoms. The van der Waals surface area contributed by atoms with Crippen molar-refractivity contribution in [1.82, 2.24) is 19.8 Å². The van der Waals surface area contributed by atoms with Crippen LogP contribution >= 0.6 is 0 Å². The lowest BCUT2D eigenvalue weighted by Gasteiger charge is -2.35. The van der Waals surface area contributed by atoms with Gasteiger partial charge in [0.05, 0.1) is 17.3 Å². The zero-order valence-electron chi connectivity index (χ0n) is 16.9. The maximum absolute atomic E-state index is 12.9. The van der Waals surface area contributed by atoms with E-state index < -0.39 is 0 Å². The summed E-state index contributed by atoms with van der Waals surface area (Å²) in [5.74, 6) is 0.673. The lowest BCUT2D eigenvalue weighted by molar-refractivity contribution is -0.135. The van der Waals surface area contributed by atoms with E-state index in [1.807, 2.05) is 42.2 Å². The molecule has 28 heavy (non-hydrogen) atoms. The van der Waals surface area contributed by atoms with Crippen LogP contribution in [0.3, 0.4) is 0 Å². The van der Waals surface area contributed by atoms with Gasteiger partial charge in [0.25, 0.3) is 5.91 Å². The van der Waals surface area contributed by atoms with E-state index in [1.54, 1.807) is 20.3 Å². The molecule has 1 fully saturated rings. The Morgan fingerprint density at radius 2 is 1.93 bits per heavy atom. The van der Waals surface area contributed by atoms with Gasteiger partial charge in [0.15, 0.2) is 5.82 Å². The van der Waals surface area contributed by atoms with Crippen molar-refractivity contribution in [1.29, 1.82) is 0 Å². The van der Waals surface area contributed by atoms with Crippen molar-refractivity contribution in [3.63, 3.8) is 0 Å². The minimum absolute atomic E-state index is 0.108. The highest BCUT2D eigenvalue weighted by molar-refractivity contribution is 5.94. The first-order valence-electron chi connectivity index (χ1n) is 9.86. The summed E-state index contributed by atoms with van der Waals surface area (Å²) in [5, 5.41) is 0. The number of carbonyl (C=O) groups is 2. The predicted molar refractivity (Wildman–Crippen MR) is 108 cm³/mol. The van der Waals surface area contributed by atoms with E-state index in [9.17, 15) is 9.59 Å². The van der Waals surface area contributed by atoms with E-state index in [-0.39, 0.29) is 17.9 Å². The Bertz CT molecular complexity index is 836. The highest BCUT2D eigenvalue weighted by atomic mass is 16.2. The molecule has 1 aromatic carbocycles. The molecule has 0 aliphatic carbocycles. The normalized spacial score (nSPS) is 16.7. The lowest BCUT2D eigenvalue weighted by Crippen LogP contribution is -2.39. The first-order valence-corrected chi connectivity index (χ1v) is 9.86. The average molecular weight is 380 g/mol. The van der Waals surface area contributed by atoms with Crippen LogP contribution in [0.1, 0.15) is 59.2 Å². The second kappa shape index (κ2) is 8.95. The molecule has 1 aliphatic rings. The quantitative estimate of drug-likeness (QED) is 0.799. The van der Waals surface area contributed by atoms with E-state index >= 15 is 0 Å². The van der Waals surface area contributed by atoms with Crippen LogP contribution in [0.2, 0.25) is 0 Å². The smallest absolute Gasteiger partial charge is 0.256 e. The second-order valence-corrected chi connectivity index (χ2v) is 7.51. The van der Waals surface area contributed by atoms with Gasteiger partial charge in [-0.1, -0.05) is 30.3 Å². The van der Waals surface area contributed by atoms with E-state index in [0.29, 0.717) is 23.5 Å². The number of likely N-dealkylation sites (tertiary alicyclic amines) is 1. The molecule has 6 heteroatoms. The van der Waals surface area contributed by atoms with Crippen LogP contribution in [0.5, 0.6) is 0 Å². The molecular weight excluding hydrogens is 352 g/mol. The minimum Gasteiger partial charge on any atom is -0.345 e. The van der Waals surface area contributed by atoms with Crippen molar-refractivity contribution in [2.45, 2.75) is 45.1 Å². The third-order valence-corrected chi connectivity index (χ3v) is 5.23. The molecule has 148 valence electrons. The summed E-state index contributed by atoms with van der Waals surface area (Å²) in [6, 6.07) is 9.96. The van der Waals surface area contributed by atoms with E-state index in [0.717, 1.165) is 32.2 Å². The highest BCUT2D eigenvalue weighted by Crippen LogP contribution is 2.30. The van der Waals surface area contributed by atoms with Gasteiger partial charge in [-0.2, -0.15) is 0 Å². The molecule has 3 rings (SSSR count). The Hall–Kier alpha value is -2.76. The largest absolute Gasteiger partial charge is 0.345 e. The fourth-order valence-corrected chi connectivity index (χ4v) is 3.63. The molecular formula is C22H28N4O2. The Labute approximate surface area is 166 Å². The summed E-state index contributed by atoms with van der Waals surface area (Å²) in [4.78, 5) is 37.6. The Morgan fingerprint density at radius 1 is 1.18 bits per heavy atom. The zero-order chi connectivity index (χ0) is 20.1. The van der Waals surface area contributed by atoms with E-state index in [1.165, 1.54) is 10.5 Å². The van der Waals surface area contributed by atoms with Crippen molar-refractivity contribution in [3.8, 4) is 0 Å². The topological polar surface area (TPSA) is 66.4 Å². The van der Waals surface area contributed by atoms with Gasteiger partial charge in [-0.15, -0.1) is 0 Å². The number of hydrogen-bond acceptors (Lipinski definition) is 4. The zero-order valence-corrected chi connectivity index (χ0v) is 16.9. The summed E-state index contributed by atoms with van der Waals surface area (Å²) in [7, 11) is 3.42. The summed E-state index contributed by atoms with van der Waals surface area (Å²) in [6.45, 7) is 2.56. The van der Waals surface area contributed by atoms with Gasteiger partial charge in [-0.3, -0.25) is 9.59 Å². The summed E-state index contributed by atoms with van der Waals surface area (Å²) >= 11 is 0. The van der Waals surface area contributed by atoms with Crippen molar-refractivity contribution in [2.24, 2.45) is 0 Å². The van der Waals surface area contributed by atoms with Crippen molar-refractivity contribution in [3.05, 3.63) is 59.2 Å². The van der Waals surface area contributed by atoms with Gasteiger partial charge in [0.2, 0.25) is 5.91 Å². The third-order valence-electron chi connectivity index (χ3n) is 5.23. The van der Waals surface area contributed by atoms with Crippen molar-refractivity contribution in [2.75, 3.05) is 20.6 Å². The molecule has 1 atom stereocenters. The number of piperidine rings is 1.